The van der Waals surface area contributed by atoms with E-state index in [9.17, 15) is 4.79 Å². The first-order chi connectivity index (χ1) is 12.7. The van der Waals surface area contributed by atoms with Crippen LogP contribution in [0.15, 0.2) is 88.3 Å². The topological polar surface area (TPSA) is 43.6 Å². The Hall–Kier alpha value is -2.92. The molecule has 0 saturated heterocycles. The van der Waals surface area contributed by atoms with Gasteiger partial charge in [-0.15, -0.1) is 0 Å². The van der Waals surface area contributed by atoms with E-state index in [-0.39, 0.29) is 12.2 Å². The van der Waals surface area contributed by atoms with E-state index in [1.54, 1.807) is 12.3 Å². The fraction of sp³-hybridized carbons (Fsp3) is 0.0476. The molecule has 128 valence electrons. The molecule has 4 rings (SSSR count). The maximum atomic E-state index is 12.3. The number of halogens is 1. The number of para-hydroxylation sites is 1. The lowest BCUT2D eigenvalue weighted by atomic mass is 10.1. The standard InChI is InChI=1S/C21H15BrN2O2/c22-16-10-11-20-23-17(12-21(25)24(20)13-16)14-26-19-9-5-4-8-18(19)15-6-2-1-3-7-15/h1-13H,14H2. The summed E-state index contributed by atoms with van der Waals surface area (Å²) in [6.07, 6.45) is 1.71. The van der Waals surface area contributed by atoms with Crippen molar-refractivity contribution in [1.82, 2.24) is 9.38 Å². The molecule has 0 N–H and O–H groups in total. The molecule has 0 saturated carbocycles. The van der Waals surface area contributed by atoms with E-state index < -0.39 is 0 Å². The van der Waals surface area contributed by atoms with Gasteiger partial charge in [0.05, 0.1) is 5.69 Å². The summed E-state index contributed by atoms with van der Waals surface area (Å²) in [6, 6.07) is 23.1. The molecule has 2 aromatic carbocycles. The summed E-state index contributed by atoms with van der Waals surface area (Å²) in [6.45, 7) is 0.228. The van der Waals surface area contributed by atoms with Gasteiger partial charge in [-0.2, -0.15) is 0 Å². The van der Waals surface area contributed by atoms with Gasteiger partial charge in [-0.3, -0.25) is 9.20 Å². The zero-order chi connectivity index (χ0) is 17.9. The Morgan fingerprint density at radius 3 is 2.58 bits per heavy atom. The van der Waals surface area contributed by atoms with Gasteiger partial charge >= 0.3 is 0 Å². The largest absolute Gasteiger partial charge is 0.487 e. The van der Waals surface area contributed by atoms with E-state index in [1.807, 2.05) is 60.7 Å². The zero-order valence-corrected chi connectivity index (χ0v) is 15.4. The monoisotopic (exact) mass is 406 g/mol. The highest BCUT2D eigenvalue weighted by Crippen LogP contribution is 2.29. The van der Waals surface area contributed by atoms with Crippen LogP contribution in [-0.2, 0) is 6.61 Å². The minimum atomic E-state index is -0.133. The number of hydrogen-bond donors (Lipinski definition) is 0. The van der Waals surface area contributed by atoms with E-state index in [1.165, 1.54) is 10.5 Å². The van der Waals surface area contributed by atoms with Crippen LogP contribution in [0.25, 0.3) is 16.8 Å². The highest BCUT2D eigenvalue weighted by Gasteiger charge is 2.08. The van der Waals surface area contributed by atoms with Gasteiger partial charge in [0.25, 0.3) is 5.56 Å². The third kappa shape index (κ3) is 3.39. The Morgan fingerprint density at radius 1 is 0.962 bits per heavy atom. The smallest absolute Gasteiger partial charge is 0.258 e. The molecule has 0 amide bonds. The lowest BCUT2D eigenvalue weighted by Gasteiger charge is -2.12. The van der Waals surface area contributed by atoms with Crippen LogP contribution in [0.1, 0.15) is 5.69 Å². The van der Waals surface area contributed by atoms with Crippen molar-refractivity contribution >= 4 is 21.6 Å². The number of nitrogens with zero attached hydrogens (tertiary/aromatic N) is 2. The Morgan fingerprint density at radius 2 is 1.73 bits per heavy atom. The van der Waals surface area contributed by atoms with Gasteiger partial charge in [0.1, 0.15) is 18.0 Å². The van der Waals surface area contributed by atoms with Gasteiger partial charge in [0, 0.05) is 22.3 Å². The van der Waals surface area contributed by atoms with E-state index >= 15 is 0 Å². The summed E-state index contributed by atoms with van der Waals surface area (Å²) in [5.74, 6) is 0.761. The van der Waals surface area contributed by atoms with E-state index in [2.05, 4.69) is 20.9 Å². The third-order valence-corrected chi connectivity index (χ3v) is 4.49. The highest BCUT2D eigenvalue weighted by molar-refractivity contribution is 9.10. The van der Waals surface area contributed by atoms with Crippen LogP contribution >= 0.6 is 15.9 Å². The number of fused-ring (bicyclic) bond motifs is 1. The molecule has 0 bridgehead atoms. The predicted molar refractivity (Wildman–Crippen MR) is 105 cm³/mol. The fourth-order valence-electron chi connectivity index (χ4n) is 2.80. The van der Waals surface area contributed by atoms with Crippen molar-refractivity contribution in [2.24, 2.45) is 0 Å². The van der Waals surface area contributed by atoms with Crippen LogP contribution in [0, 0.1) is 0 Å². The molecular weight excluding hydrogens is 392 g/mol. The summed E-state index contributed by atoms with van der Waals surface area (Å²) in [4.78, 5) is 16.8. The molecule has 0 aliphatic rings. The second kappa shape index (κ2) is 7.14. The van der Waals surface area contributed by atoms with Crippen LogP contribution in [0.4, 0.5) is 0 Å². The lowest BCUT2D eigenvalue weighted by Crippen LogP contribution is -2.16. The molecule has 0 atom stereocenters. The minimum absolute atomic E-state index is 0.133. The molecule has 4 nitrogen and oxygen atoms in total. The molecular formula is C21H15BrN2O2. The molecule has 0 unspecified atom stereocenters. The molecule has 26 heavy (non-hydrogen) atoms. The Kier molecular flexibility index (Phi) is 4.54. The summed E-state index contributed by atoms with van der Waals surface area (Å²) >= 11 is 3.36. The van der Waals surface area contributed by atoms with Gasteiger partial charge in [-0.1, -0.05) is 48.5 Å². The van der Waals surface area contributed by atoms with Crippen molar-refractivity contribution in [2.75, 3.05) is 0 Å². The summed E-state index contributed by atoms with van der Waals surface area (Å²) < 4.78 is 8.32. The SMILES string of the molecule is O=c1cc(COc2ccccc2-c2ccccc2)nc2ccc(Br)cn12. The van der Waals surface area contributed by atoms with Gasteiger partial charge in [0.2, 0.25) is 0 Å². The molecule has 0 aliphatic heterocycles. The molecule has 2 aromatic heterocycles. The molecule has 0 spiro atoms. The Bertz CT molecular complexity index is 1120. The number of rotatable bonds is 4. The third-order valence-electron chi connectivity index (χ3n) is 4.02. The maximum absolute atomic E-state index is 12.3. The van der Waals surface area contributed by atoms with Gasteiger partial charge in [0.15, 0.2) is 0 Å². The van der Waals surface area contributed by atoms with Crippen molar-refractivity contribution in [2.45, 2.75) is 6.61 Å². The molecule has 0 radical (unpaired) electrons. The fourth-order valence-corrected chi connectivity index (χ4v) is 3.14. The van der Waals surface area contributed by atoms with Crippen LogP contribution in [0.2, 0.25) is 0 Å². The van der Waals surface area contributed by atoms with Gasteiger partial charge < -0.3 is 4.74 Å². The lowest BCUT2D eigenvalue weighted by molar-refractivity contribution is 0.302. The average Bonchev–Trinajstić information content (AvgIpc) is 2.68. The second-order valence-corrected chi connectivity index (χ2v) is 6.73. The van der Waals surface area contributed by atoms with Crippen molar-refractivity contribution in [3.8, 4) is 16.9 Å². The van der Waals surface area contributed by atoms with Crippen LogP contribution in [-0.4, -0.2) is 9.38 Å². The predicted octanol–water partition coefficient (Wildman–Crippen LogP) is 4.70. The van der Waals surface area contributed by atoms with E-state index in [0.717, 1.165) is 21.3 Å². The quantitative estimate of drug-likeness (QED) is 0.493. The molecule has 2 heterocycles. The summed E-state index contributed by atoms with van der Waals surface area (Å²) in [7, 11) is 0. The number of pyridine rings is 1. The molecule has 0 fully saturated rings. The van der Waals surface area contributed by atoms with Gasteiger partial charge in [-0.05, 0) is 39.7 Å². The number of benzene rings is 2. The second-order valence-electron chi connectivity index (χ2n) is 5.81. The maximum Gasteiger partial charge on any atom is 0.258 e. The van der Waals surface area contributed by atoms with Crippen molar-refractivity contribution in [3.63, 3.8) is 0 Å². The number of aromatic nitrogens is 2. The zero-order valence-electron chi connectivity index (χ0n) is 13.8. The van der Waals surface area contributed by atoms with Crippen LogP contribution in [0.5, 0.6) is 5.75 Å². The normalized spacial score (nSPS) is 10.8. The van der Waals surface area contributed by atoms with Gasteiger partial charge in [-0.25, -0.2) is 4.98 Å². The van der Waals surface area contributed by atoms with E-state index in [4.69, 9.17) is 4.74 Å². The summed E-state index contributed by atoms with van der Waals surface area (Å²) in [5.41, 5.74) is 3.15. The number of ether oxygens (including phenoxy) is 1. The van der Waals surface area contributed by atoms with Crippen LogP contribution in [0.3, 0.4) is 0 Å². The minimum Gasteiger partial charge on any atom is -0.487 e. The van der Waals surface area contributed by atoms with Crippen LogP contribution < -0.4 is 10.3 Å². The summed E-state index contributed by atoms with van der Waals surface area (Å²) in [5, 5.41) is 0. The number of hydrogen-bond acceptors (Lipinski definition) is 3. The molecule has 5 heteroatoms. The first-order valence-electron chi connectivity index (χ1n) is 8.16. The molecule has 4 aromatic rings. The van der Waals surface area contributed by atoms with Crippen molar-refractivity contribution < 1.29 is 4.74 Å². The Balaban J connectivity index is 1.63. The van der Waals surface area contributed by atoms with E-state index in [0.29, 0.717) is 11.3 Å². The highest BCUT2D eigenvalue weighted by atomic mass is 79.9. The van der Waals surface area contributed by atoms with Crippen molar-refractivity contribution in [3.05, 3.63) is 99.5 Å². The Labute approximate surface area is 158 Å². The molecule has 0 aliphatic carbocycles. The average molecular weight is 407 g/mol. The first kappa shape index (κ1) is 16.5. The first-order valence-corrected chi connectivity index (χ1v) is 8.95. The van der Waals surface area contributed by atoms with Crippen molar-refractivity contribution in [1.29, 1.82) is 0 Å².